The molecule has 0 amide bonds. The molecule has 8 heteroatoms. The summed E-state index contributed by atoms with van der Waals surface area (Å²) in [4.78, 5) is 12.9. The molecule has 0 aliphatic carbocycles. The third-order valence-corrected chi connectivity index (χ3v) is 3.32. The van der Waals surface area contributed by atoms with Crippen LogP contribution in [0.2, 0.25) is 0 Å². The van der Waals surface area contributed by atoms with Crippen molar-refractivity contribution in [3.05, 3.63) is 40.8 Å². The lowest BCUT2D eigenvalue weighted by molar-refractivity contribution is 0.797. The van der Waals surface area contributed by atoms with Gasteiger partial charge in [-0.05, 0) is 28.5 Å². The van der Waals surface area contributed by atoms with Gasteiger partial charge in [0.2, 0.25) is 11.9 Å². The van der Waals surface area contributed by atoms with Gasteiger partial charge in [-0.25, -0.2) is 4.68 Å². The van der Waals surface area contributed by atoms with Gasteiger partial charge in [-0.3, -0.25) is 0 Å². The highest BCUT2D eigenvalue weighted by molar-refractivity contribution is 7.07. The molecule has 0 aliphatic rings. The van der Waals surface area contributed by atoms with E-state index in [1.165, 1.54) is 5.56 Å². The summed E-state index contributed by atoms with van der Waals surface area (Å²) in [6.07, 6.45) is 3.47. The van der Waals surface area contributed by atoms with Crippen molar-refractivity contribution in [3.63, 3.8) is 0 Å². The molecule has 0 bridgehead atoms. The van der Waals surface area contributed by atoms with Crippen molar-refractivity contribution in [1.29, 1.82) is 0 Å². The molecule has 0 saturated heterocycles. The standard InChI is InChI=1S/C12H13N7S/c1-13-10-16-11(14-7-9-3-6-20-8-9)18-12(17-10)19-5-2-4-15-19/h2-6,8H,7H2,1H3,(H2,13,14,16,17,18). The summed E-state index contributed by atoms with van der Waals surface area (Å²) in [5.41, 5.74) is 1.20. The predicted octanol–water partition coefficient (Wildman–Crippen LogP) is 1.77. The maximum atomic E-state index is 4.35. The Bertz CT molecular complexity index is 663. The van der Waals surface area contributed by atoms with Crippen LogP contribution in [0, 0.1) is 0 Å². The van der Waals surface area contributed by atoms with Crippen LogP contribution >= 0.6 is 11.3 Å². The van der Waals surface area contributed by atoms with Gasteiger partial charge in [-0.15, -0.1) is 0 Å². The summed E-state index contributed by atoms with van der Waals surface area (Å²) in [6.45, 7) is 0.676. The minimum absolute atomic E-state index is 0.474. The molecule has 7 nitrogen and oxygen atoms in total. The quantitative estimate of drug-likeness (QED) is 0.744. The number of nitrogens with one attached hydrogen (secondary N) is 2. The first-order valence-corrected chi connectivity index (χ1v) is 6.98. The second-order valence-electron chi connectivity index (χ2n) is 3.97. The SMILES string of the molecule is CNc1nc(NCc2ccsc2)nc(-n2cccn2)n1. The second-order valence-corrected chi connectivity index (χ2v) is 4.75. The van der Waals surface area contributed by atoms with Gasteiger partial charge in [0, 0.05) is 26.0 Å². The van der Waals surface area contributed by atoms with Gasteiger partial charge < -0.3 is 10.6 Å². The first-order chi connectivity index (χ1) is 9.85. The Balaban J connectivity index is 1.84. The first-order valence-electron chi connectivity index (χ1n) is 6.04. The molecule has 3 aromatic rings. The smallest absolute Gasteiger partial charge is 0.257 e. The highest BCUT2D eigenvalue weighted by atomic mass is 32.1. The molecule has 3 aromatic heterocycles. The lowest BCUT2D eigenvalue weighted by atomic mass is 10.3. The number of aromatic nitrogens is 5. The average Bonchev–Trinajstić information content (AvgIpc) is 3.17. The van der Waals surface area contributed by atoms with Crippen molar-refractivity contribution in [3.8, 4) is 5.95 Å². The van der Waals surface area contributed by atoms with Crippen molar-refractivity contribution in [2.24, 2.45) is 0 Å². The number of hydrogen-bond acceptors (Lipinski definition) is 7. The van der Waals surface area contributed by atoms with E-state index in [4.69, 9.17) is 0 Å². The van der Waals surface area contributed by atoms with Crippen molar-refractivity contribution in [2.45, 2.75) is 6.54 Å². The summed E-state index contributed by atoms with van der Waals surface area (Å²) in [7, 11) is 1.77. The number of anilines is 2. The van der Waals surface area contributed by atoms with Gasteiger partial charge in [0.25, 0.3) is 5.95 Å². The Morgan fingerprint density at radius 1 is 1.25 bits per heavy atom. The van der Waals surface area contributed by atoms with Crippen LogP contribution < -0.4 is 10.6 Å². The van der Waals surface area contributed by atoms with E-state index in [-0.39, 0.29) is 0 Å². The Hall–Kier alpha value is -2.48. The summed E-state index contributed by atoms with van der Waals surface area (Å²) in [5, 5.41) is 14.4. The molecule has 20 heavy (non-hydrogen) atoms. The molecule has 0 unspecified atom stereocenters. The molecule has 0 aliphatic heterocycles. The maximum Gasteiger partial charge on any atom is 0.257 e. The van der Waals surface area contributed by atoms with E-state index in [0.29, 0.717) is 24.4 Å². The van der Waals surface area contributed by atoms with E-state index in [2.05, 4.69) is 42.1 Å². The number of nitrogens with zero attached hydrogens (tertiary/aromatic N) is 5. The molecule has 102 valence electrons. The number of rotatable bonds is 5. The van der Waals surface area contributed by atoms with Gasteiger partial charge >= 0.3 is 0 Å². The van der Waals surface area contributed by atoms with E-state index in [9.17, 15) is 0 Å². The van der Waals surface area contributed by atoms with Crippen LogP contribution in [0.1, 0.15) is 5.56 Å². The zero-order valence-corrected chi connectivity index (χ0v) is 11.6. The zero-order valence-electron chi connectivity index (χ0n) is 10.8. The Morgan fingerprint density at radius 3 is 2.85 bits per heavy atom. The average molecular weight is 287 g/mol. The fourth-order valence-electron chi connectivity index (χ4n) is 1.62. The minimum Gasteiger partial charge on any atom is -0.357 e. The molecule has 0 fully saturated rings. The van der Waals surface area contributed by atoms with Crippen LogP contribution in [0.4, 0.5) is 11.9 Å². The van der Waals surface area contributed by atoms with Gasteiger partial charge in [0.1, 0.15) is 0 Å². The first kappa shape index (κ1) is 12.5. The van der Waals surface area contributed by atoms with E-state index < -0.39 is 0 Å². The molecule has 0 atom stereocenters. The van der Waals surface area contributed by atoms with Crippen LogP contribution in [0.25, 0.3) is 5.95 Å². The highest BCUT2D eigenvalue weighted by Gasteiger charge is 2.07. The van der Waals surface area contributed by atoms with E-state index in [1.807, 2.05) is 11.4 Å². The summed E-state index contributed by atoms with van der Waals surface area (Å²) in [5.74, 6) is 1.49. The Morgan fingerprint density at radius 2 is 2.15 bits per heavy atom. The van der Waals surface area contributed by atoms with Gasteiger partial charge in [-0.1, -0.05) is 0 Å². The molecule has 0 saturated carbocycles. The second kappa shape index (κ2) is 5.66. The molecule has 3 rings (SSSR count). The van der Waals surface area contributed by atoms with Gasteiger partial charge in [0.05, 0.1) is 0 Å². The van der Waals surface area contributed by atoms with Gasteiger partial charge in [-0.2, -0.15) is 31.4 Å². The third-order valence-electron chi connectivity index (χ3n) is 2.59. The summed E-state index contributed by atoms with van der Waals surface area (Å²) >= 11 is 1.66. The predicted molar refractivity (Wildman–Crippen MR) is 78.1 cm³/mol. The van der Waals surface area contributed by atoms with Crippen molar-refractivity contribution in [1.82, 2.24) is 24.7 Å². The fourth-order valence-corrected chi connectivity index (χ4v) is 2.29. The lowest BCUT2D eigenvalue weighted by Crippen LogP contribution is -2.11. The highest BCUT2D eigenvalue weighted by Crippen LogP contribution is 2.11. The third kappa shape index (κ3) is 2.75. The van der Waals surface area contributed by atoms with Crippen molar-refractivity contribution >= 4 is 23.2 Å². The van der Waals surface area contributed by atoms with Crippen LogP contribution in [0.3, 0.4) is 0 Å². The largest absolute Gasteiger partial charge is 0.357 e. The van der Waals surface area contributed by atoms with Crippen molar-refractivity contribution in [2.75, 3.05) is 17.7 Å². The topological polar surface area (TPSA) is 80.5 Å². The molecular formula is C12H13N7S. The molecular weight excluding hydrogens is 274 g/mol. The summed E-state index contributed by atoms with van der Waals surface area (Å²) < 4.78 is 1.60. The monoisotopic (exact) mass is 287 g/mol. The normalized spacial score (nSPS) is 10.4. The minimum atomic E-state index is 0.474. The lowest BCUT2D eigenvalue weighted by Gasteiger charge is -2.07. The maximum absolute atomic E-state index is 4.35. The summed E-state index contributed by atoms with van der Waals surface area (Å²) in [6, 6.07) is 3.88. The molecule has 0 spiro atoms. The zero-order chi connectivity index (χ0) is 13.8. The van der Waals surface area contributed by atoms with E-state index >= 15 is 0 Å². The van der Waals surface area contributed by atoms with E-state index in [1.54, 1.807) is 35.5 Å². The molecule has 0 aromatic carbocycles. The van der Waals surface area contributed by atoms with E-state index in [0.717, 1.165) is 0 Å². The Kier molecular flexibility index (Phi) is 3.55. The van der Waals surface area contributed by atoms with Crippen LogP contribution in [0.15, 0.2) is 35.3 Å². The molecule has 3 heterocycles. The fraction of sp³-hybridized carbons (Fsp3) is 0.167. The number of hydrogen-bond donors (Lipinski definition) is 2. The molecule has 2 N–H and O–H groups in total. The van der Waals surface area contributed by atoms with Crippen molar-refractivity contribution < 1.29 is 0 Å². The van der Waals surface area contributed by atoms with Crippen LogP contribution in [0.5, 0.6) is 0 Å². The molecule has 0 radical (unpaired) electrons. The number of thiophene rings is 1. The Labute approximate surface area is 119 Å². The van der Waals surface area contributed by atoms with Crippen LogP contribution in [-0.2, 0) is 6.54 Å². The van der Waals surface area contributed by atoms with Gasteiger partial charge in [0.15, 0.2) is 0 Å². The van der Waals surface area contributed by atoms with Crippen LogP contribution in [-0.4, -0.2) is 31.8 Å².